The smallest absolute Gasteiger partial charge is 0.323 e. The molecule has 0 spiro atoms. The number of methoxy groups -OCH3 is 1. The summed E-state index contributed by atoms with van der Waals surface area (Å²) in [5.41, 5.74) is 7.94. The van der Waals surface area contributed by atoms with Gasteiger partial charge in [-0.3, -0.25) is 4.79 Å². The lowest BCUT2D eigenvalue weighted by molar-refractivity contribution is -0.141. The molecule has 0 aliphatic carbocycles. The first kappa shape index (κ1) is 14.6. The van der Waals surface area contributed by atoms with Crippen LogP contribution in [-0.2, 0) is 15.3 Å². The van der Waals surface area contributed by atoms with Gasteiger partial charge in [-0.15, -0.1) is 0 Å². The Balaban J connectivity index is 1.84. The first-order valence-corrected chi connectivity index (χ1v) is 7.34. The van der Waals surface area contributed by atoms with Gasteiger partial charge in [0.2, 0.25) is 0 Å². The molecule has 0 aliphatic rings. The maximum absolute atomic E-state index is 11.2. The monoisotopic (exact) mass is 291 g/mol. The third kappa shape index (κ3) is 3.85. The standard InChI is InChI=1S/C14H17N3O2S/c1-19-14(18)13(15)9-20-8-11-2-4-12(5-3-11)17-7-6-16-10-17/h2-7,10,13H,8-9,15H2,1H3. The van der Waals surface area contributed by atoms with E-state index >= 15 is 0 Å². The number of thioether (sulfide) groups is 1. The number of esters is 1. The second kappa shape index (κ2) is 7.12. The molecule has 6 heteroatoms. The normalized spacial score (nSPS) is 12.1. The van der Waals surface area contributed by atoms with E-state index in [1.165, 1.54) is 12.7 Å². The van der Waals surface area contributed by atoms with Gasteiger partial charge in [-0.1, -0.05) is 12.1 Å². The SMILES string of the molecule is COC(=O)C(N)CSCc1ccc(-n2ccnc2)cc1. The Bertz CT molecular complexity index is 540. The molecule has 5 nitrogen and oxygen atoms in total. The average Bonchev–Trinajstić information content (AvgIpc) is 3.01. The van der Waals surface area contributed by atoms with Crippen molar-refractivity contribution in [3.63, 3.8) is 0 Å². The lowest BCUT2D eigenvalue weighted by atomic mass is 10.2. The van der Waals surface area contributed by atoms with Crippen LogP contribution in [-0.4, -0.2) is 34.4 Å². The van der Waals surface area contributed by atoms with Gasteiger partial charge >= 0.3 is 5.97 Å². The molecule has 0 fully saturated rings. The van der Waals surface area contributed by atoms with Gasteiger partial charge in [0, 0.05) is 29.6 Å². The summed E-state index contributed by atoms with van der Waals surface area (Å²) in [4.78, 5) is 15.2. The summed E-state index contributed by atoms with van der Waals surface area (Å²) in [6, 6.07) is 7.64. The fourth-order valence-corrected chi connectivity index (χ4v) is 2.64. The molecule has 2 rings (SSSR count). The molecular weight excluding hydrogens is 274 g/mol. The molecular formula is C14H17N3O2S. The van der Waals surface area contributed by atoms with Crippen molar-refractivity contribution in [3.05, 3.63) is 48.5 Å². The van der Waals surface area contributed by atoms with Crippen molar-refractivity contribution < 1.29 is 9.53 Å². The number of benzene rings is 1. The lowest BCUT2D eigenvalue weighted by Crippen LogP contribution is -2.33. The van der Waals surface area contributed by atoms with E-state index in [1.807, 2.05) is 22.9 Å². The van der Waals surface area contributed by atoms with Crippen molar-refractivity contribution in [1.82, 2.24) is 9.55 Å². The number of ether oxygens (including phenoxy) is 1. The fourth-order valence-electron chi connectivity index (χ4n) is 1.70. The van der Waals surface area contributed by atoms with Crippen LogP contribution >= 0.6 is 11.8 Å². The van der Waals surface area contributed by atoms with Gasteiger partial charge in [0.1, 0.15) is 6.04 Å². The van der Waals surface area contributed by atoms with Crippen LogP contribution in [0.15, 0.2) is 43.0 Å². The van der Waals surface area contributed by atoms with Crippen LogP contribution in [0.5, 0.6) is 0 Å². The summed E-state index contributed by atoms with van der Waals surface area (Å²) < 4.78 is 6.53. The van der Waals surface area contributed by atoms with Crippen LogP contribution in [0.1, 0.15) is 5.56 Å². The number of hydrogen-bond donors (Lipinski definition) is 1. The number of imidazole rings is 1. The number of carbonyl (C=O) groups is 1. The van der Waals surface area contributed by atoms with Crippen LogP contribution in [0, 0.1) is 0 Å². The Labute approximate surface area is 122 Å². The molecule has 1 aromatic heterocycles. The van der Waals surface area contributed by atoms with E-state index < -0.39 is 6.04 Å². The summed E-state index contributed by atoms with van der Waals surface area (Å²) in [6.07, 6.45) is 5.41. The Morgan fingerprint density at radius 3 is 2.80 bits per heavy atom. The molecule has 2 aromatic rings. The van der Waals surface area contributed by atoms with E-state index in [1.54, 1.807) is 24.3 Å². The van der Waals surface area contributed by atoms with Crippen LogP contribution in [0.3, 0.4) is 0 Å². The summed E-state index contributed by atoms with van der Waals surface area (Å²) in [7, 11) is 1.35. The minimum absolute atomic E-state index is 0.368. The first-order valence-electron chi connectivity index (χ1n) is 6.19. The topological polar surface area (TPSA) is 70.1 Å². The molecule has 1 heterocycles. The van der Waals surface area contributed by atoms with Crippen molar-refractivity contribution in [2.45, 2.75) is 11.8 Å². The number of aromatic nitrogens is 2. The quantitative estimate of drug-likeness (QED) is 0.819. The Kier molecular flexibility index (Phi) is 5.20. The summed E-state index contributed by atoms with van der Waals surface area (Å²) in [5, 5.41) is 0. The van der Waals surface area contributed by atoms with Gasteiger partial charge in [-0.05, 0) is 17.7 Å². The van der Waals surface area contributed by atoms with E-state index in [9.17, 15) is 4.79 Å². The van der Waals surface area contributed by atoms with E-state index in [0.717, 1.165) is 11.4 Å². The lowest BCUT2D eigenvalue weighted by Gasteiger charge is -2.09. The van der Waals surface area contributed by atoms with Gasteiger partial charge in [0.15, 0.2) is 0 Å². The summed E-state index contributed by atoms with van der Waals surface area (Å²) >= 11 is 1.62. The second-order valence-electron chi connectivity index (χ2n) is 4.28. The highest BCUT2D eigenvalue weighted by molar-refractivity contribution is 7.98. The predicted molar refractivity (Wildman–Crippen MR) is 79.7 cm³/mol. The molecule has 2 N–H and O–H groups in total. The van der Waals surface area contributed by atoms with Gasteiger partial charge in [-0.25, -0.2) is 4.98 Å². The Morgan fingerprint density at radius 2 is 2.20 bits per heavy atom. The van der Waals surface area contributed by atoms with Crippen LogP contribution in [0.4, 0.5) is 0 Å². The van der Waals surface area contributed by atoms with Gasteiger partial charge in [0.05, 0.1) is 13.4 Å². The zero-order valence-corrected chi connectivity index (χ0v) is 12.0. The molecule has 106 valence electrons. The maximum Gasteiger partial charge on any atom is 0.323 e. The van der Waals surface area contributed by atoms with Crippen molar-refractivity contribution in [1.29, 1.82) is 0 Å². The molecule has 1 aromatic carbocycles. The minimum Gasteiger partial charge on any atom is -0.468 e. The molecule has 0 saturated carbocycles. The van der Waals surface area contributed by atoms with Crippen LogP contribution in [0.2, 0.25) is 0 Å². The third-order valence-corrected chi connectivity index (χ3v) is 3.94. The molecule has 0 aliphatic heterocycles. The maximum atomic E-state index is 11.2. The van der Waals surface area contributed by atoms with Crippen molar-refractivity contribution in [2.24, 2.45) is 5.73 Å². The Hall–Kier alpha value is -1.79. The zero-order valence-electron chi connectivity index (χ0n) is 11.2. The molecule has 0 saturated heterocycles. The van der Waals surface area contributed by atoms with Gasteiger partial charge < -0.3 is 15.0 Å². The molecule has 0 radical (unpaired) electrons. The predicted octanol–water partition coefficient (Wildman–Crippen LogP) is 1.61. The van der Waals surface area contributed by atoms with Crippen molar-refractivity contribution in [3.8, 4) is 5.69 Å². The third-order valence-electron chi connectivity index (χ3n) is 2.81. The van der Waals surface area contributed by atoms with Crippen molar-refractivity contribution >= 4 is 17.7 Å². The largest absolute Gasteiger partial charge is 0.468 e. The number of nitrogens with zero attached hydrogens (tertiary/aromatic N) is 2. The van der Waals surface area contributed by atoms with Crippen LogP contribution in [0.25, 0.3) is 5.69 Å². The summed E-state index contributed by atoms with van der Waals surface area (Å²) in [5.74, 6) is 0.998. The van der Waals surface area contributed by atoms with E-state index in [-0.39, 0.29) is 5.97 Å². The minimum atomic E-state index is -0.560. The Morgan fingerprint density at radius 1 is 1.45 bits per heavy atom. The van der Waals surface area contributed by atoms with E-state index in [2.05, 4.69) is 21.9 Å². The average molecular weight is 291 g/mol. The number of nitrogens with two attached hydrogens (primary N) is 1. The molecule has 1 unspecified atom stereocenters. The van der Waals surface area contributed by atoms with E-state index in [0.29, 0.717) is 5.75 Å². The van der Waals surface area contributed by atoms with Crippen molar-refractivity contribution in [2.75, 3.05) is 12.9 Å². The molecule has 1 atom stereocenters. The summed E-state index contributed by atoms with van der Waals surface area (Å²) in [6.45, 7) is 0. The number of carbonyl (C=O) groups excluding carboxylic acids is 1. The number of hydrogen-bond acceptors (Lipinski definition) is 5. The van der Waals surface area contributed by atoms with Gasteiger partial charge in [-0.2, -0.15) is 11.8 Å². The molecule has 0 amide bonds. The van der Waals surface area contributed by atoms with E-state index in [4.69, 9.17) is 5.73 Å². The highest BCUT2D eigenvalue weighted by Crippen LogP contribution is 2.15. The number of rotatable bonds is 6. The second-order valence-corrected chi connectivity index (χ2v) is 5.31. The molecule has 20 heavy (non-hydrogen) atoms. The zero-order chi connectivity index (χ0) is 14.4. The first-order chi connectivity index (χ1) is 9.70. The highest BCUT2D eigenvalue weighted by atomic mass is 32.2. The highest BCUT2D eigenvalue weighted by Gasteiger charge is 2.13. The van der Waals surface area contributed by atoms with Gasteiger partial charge in [0.25, 0.3) is 0 Å². The fraction of sp³-hybridized carbons (Fsp3) is 0.286. The molecule has 0 bridgehead atoms. The van der Waals surface area contributed by atoms with Crippen LogP contribution < -0.4 is 5.73 Å².